The topological polar surface area (TPSA) is 32.3 Å². The first kappa shape index (κ1) is 13.8. The molecule has 1 N–H and O–H groups in total. The number of carbonyl (C=O) groups is 1. The van der Waals surface area contributed by atoms with E-state index in [9.17, 15) is 4.79 Å². The average Bonchev–Trinajstić information content (AvgIpc) is 2.38. The molecule has 0 radical (unpaired) electrons. The van der Waals surface area contributed by atoms with Gasteiger partial charge < -0.3 is 10.2 Å². The van der Waals surface area contributed by atoms with Gasteiger partial charge >= 0.3 is 0 Å². The Bertz CT molecular complexity index is 397. The van der Waals surface area contributed by atoms with Crippen LogP contribution >= 0.6 is 22.6 Å². The van der Waals surface area contributed by atoms with Crippen LogP contribution in [0.2, 0.25) is 0 Å². The molecule has 0 unspecified atom stereocenters. The summed E-state index contributed by atoms with van der Waals surface area (Å²) in [5, 5.41) is 3.04. The van der Waals surface area contributed by atoms with E-state index in [1.807, 2.05) is 24.3 Å². The van der Waals surface area contributed by atoms with Crippen LogP contribution in [0.3, 0.4) is 0 Å². The SMILES string of the molecule is CN1CCC(CNC(=O)c2ccc(I)cc2)CC1. The molecule has 1 heterocycles. The Hall–Kier alpha value is -0.620. The van der Waals surface area contributed by atoms with Gasteiger partial charge in [0.15, 0.2) is 0 Å². The summed E-state index contributed by atoms with van der Waals surface area (Å²) in [7, 11) is 2.15. The molecule has 98 valence electrons. The molecule has 1 aromatic rings. The maximum atomic E-state index is 11.9. The minimum absolute atomic E-state index is 0.0466. The summed E-state index contributed by atoms with van der Waals surface area (Å²) in [6, 6.07) is 7.69. The van der Waals surface area contributed by atoms with Crippen molar-refractivity contribution in [3.63, 3.8) is 0 Å². The first-order chi connectivity index (χ1) is 8.65. The van der Waals surface area contributed by atoms with Gasteiger partial charge in [-0.2, -0.15) is 0 Å². The third kappa shape index (κ3) is 3.95. The third-order valence-corrected chi connectivity index (χ3v) is 4.22. The number of amides is 1. The van der Waals surface area contributed by atoms with E-state index in [0.29, 0.717) is 5.92 Å². The molecule has 0 atom stereocenters. The molecule has 1 saturated heterocycles. The summed E-state index contributed by atoms with van der Waals surface area (Å²) >= 11 is 2.24. The lowest BCUT2D eigenvalue weighted by Gasteiger charge is -2.28. The molecule has 0 bridgehead atoms. The van der Waals surface area contributed by atoms with Gasteiger partial charge in [-0.05, 0) is 85.8 Å². The second-order valence-corrected chi connectivity index (χ2v) is 6.21. The molecule has 1 aliphatic rings. The molecule has 0 spiro atoms. The normalized spacial score (nSPS) is 17.7. The molecule has 3 nitrogen and oxygen atoms in total. The zero-order chi connectivity index (χ0) is 13.0. The Morgan fingerprint density at radius 1 is 1.33 bits per heavy atom. The van der Waals surface area contributed by atoms with Gasteiger partial charge in [0.25, 0.3) is 5.91 Å². The van der Waals surface area contributed by atoms with Gasteiger partial charge in [0.1, 0.15) is 0 Å². The minimum Gasteiger partial charge on any atom is -0.352 e. The lowest BCUT2D eigenvalue weighted by atomic mass is 9.97. The Morgan fingerprint density at radius 3 is 2.56 bits per heavy atom. The van der Waals surface area contributed by atoms with E-state index in [0.717, 1.165) is 28.8 Å². The maximum Gasteiger partial charge on any atom is 0.251 e. The second-order valence-electron chi connectivity index (χ2n) is 4.96. The van der Waals surface area contributed by atoms with Crippen molar-refractivity contribution in [1.82, 2.24) is 10.2 Å². The van der Waals surface area contributed by atoms with Crippen molar-refractivity contribution >= 4 is 28.5 Å². The molecular formula is C14H19IN2O. The van der Waals surface area contributed by atoms with Crippen molar-refractivity contribution in [2.24, 2.45) is 5.92 Å². The van der Waals surface area contributed by atoms with Crippen LogP contribution in [0, 0.1) is 9.49 Å². The fourth-order valence-electron chi connectivity index (χ4n) is 2.21. The van der Waals surface area contributed by atoms with Crippen LogP contribution in [0.15, 0.2) is 24.3 Å². The predicted molar refractivity (Wildman–Crippen MR) is 81.7 cm³/mol. The fraction of sp³-hybridized carbons (Fsp3) is 0.500. The summed E-state index contributed by atoms with van der Waals surface area (Å²) in [5.41, 5.74) is 0.753. The van der Waals surface area contributed by atoms with Crippen molar-refractivity contribution in [3.05, 3.63) is 33.4 Å². The molecule has 1 fully saturated rings. The van der Waals surface area contributed by atoms with Gasteiger partial charge in [-0.1, -0.05) is 0 Å². The molecule has 2 rings (SSSR count). The molecule has 18 heavy (non-hydrogen) atoms. The summed E-state index contributed by atoms with van der Waals surface area (Å²) in [6.45, 7) is 3.09. The first-order valence-corrected chi connectivity index (χ1v) is 7.45. The Morgan fingerprint density at radius 2 is 1.94 bits per heavy atom. The van der Waals surface area contributed by atoms with E-state index in [2.05, 4.69) is 39.9 Å². The fourth-order valence-corrected chi connectivity index (χ4v) is 2.57. The monoisotopic (exact) mass is 358 g/mol. The van der Waals surface area contributed by atoms with Gasteiger partial charge in [-0.3, -0.25) is 4.79 Å². The molecule has 1 aliphatic heterocycles. The largest absolute Gasteiger partial charge is 0.352 e. The number of nitrogens with one attached hydrogen (secondary N) is 1. The second kappa shape index (κ2) is 6.52. The van der Waals surface area contributed by atoms with Crippen LogP contribution in [0.1, 0.15) is 23.2 Å². The quantitative estimate of drug-likeness (QED) is 0.842. The van der Waals surface area contributed by atoms with Crippen LogP contribution in [0.5, 0.6) is 0 Å². The molecule has 1 aromatic carbocycles. The Labute approximate surface area is 122 Å². The number of likely N-dealkylation sites (tertiary alicyclic amines) is 1. The van der Waals surface area contributed by atoms with Crippen molar-refractivity contribution < 1.29 is 4.79 Å². The van der Waals surface area contributed by atoms with Crippen LogP contribution in [-0.2, 0) is 0 Å². The highest BCUT2D eigenvalue weighted by molar-refractivity contribution is 14.1. The van der Waals surface area contributed by atoms with Crippen molar-refractivity contribution in [2.75, 3.05) is 26.7 Å². The Balaban J connectivity index is 1.79. The lowest BCUT2D eigenvalue weighted by Crippen LogP contribution is -2.36. The van der Waals surface area contributed by atoms with Gasteiger partial charge in [-0.25, -0.2) is 0 Å². The zero-order valence-corrected chi connectivity index (χ0v) is 12.8. The van der Waals surface area contributed by atoms with Gasteiger partial charge in [0, 0.05) is 15.7 Å². The number of hydrogen-bond acceptors (Lipinski definition) is 2. The zero-order valence-electron chi connectivity index (χ0n) is 10.7. The highest BCUT2D eigenvalue weighted by Gasteiger charge is 2.17. The van der Waals surface area contributed by atoms with Crippen LogP contribution in [0.25, 0.3) is 0 Å². The van der Waals surface area contributed by atoms with E-state index < -0.39 is 0 Å². The molecule has 0 aromatic heterocycles. The number of hydrogen-bond donors (Lipinski definition) is 1. The summed E-state index contributed by atoms with van der Waals surface area (Å²) < 4.78 is 1.15. The number of halogens is 1. The summed E-state index contributed by atoms with van der Waals surface area (Å²) in [4.78, 5) is 14.3. The average molecular weight is 358 g/mol. The van der Waals surface area contributed by atoms with Crippen LogP contribution in [0.4, 0.5) is 0 Å². The molecular weight excluding hydrogens is 339 g/mol. The number of rotatable bonds is 3. The van der Waals surface area contributed by atoms with E-state index in [4.69, 9.17) is 0 Å². The van der Waals surface area contributed by atoms with Crippen LogP contribution < -0.4 is 5.32 Å². The molecule has 1 amide bonds. The maximum absolute atomic E-state index is 11.9. The smallest absolute Gasteiger partial charge is 0.251 e. The van der Waals surface area contributed by atoms with Crippen LogP contribution in [-0.4, -0.2) is 37.5 Å². The number of carbonyl (C=O) groups excluding carboxylic acids is 1. The van der Waals surface area contributed by atoms with Crippen molar-refractivity contribution in [3.8, 4) is 0 Å². The highest BCUT2D eigenvalue weighted by Crippen LogP contribution is 2.15. The highest BCUT2D eigenvalue weighted by atomic mass is 127. The summed E-state index contributed by atoms with van der Waals surface area (Å²) in [6.07, 6.45) is 2.37. The van der Waals surface area contributed by atoms with Crippen molar-refractivity contribution in [1.29, 1.82) is 0 Å². The molecule has 0 saturated carbocycles. The number of piperidine rings is 1. The standard InChI is InChI=1S/C14H19IN2O/c1-17-8-6-11(7-9-17)10-16-14(18)12-2-4-13(15)5-3-12/h2-5,11H,6-10H2,1H3,(H,16,18). The predicted octanol–water partition coefficient (Wildman–Crippen LogP) is 2.36. The lowest BCUT2D eigenvalue weighted by molar-refractivity contribution is 0.0939. The van der Waals surface area contributed by atoms with Crippen molar-refractivity contribution in [2.45, 2.75) is 12.8 Å². The first-order valence-electron chi connectivity index (χ1n) is 6.37. The molecule has 4 heteroatoms. The van der Waals surface area contributed by atoms with E-state index >= 15 is 0 Å². The number of benzene rings is 1. The Kier molecular flexibility index (Phi) is 5.00. The van der Waals surface area contributed by atoms with E-state index in [-0.39, 0.29) is 5.91 Å². The van der Waals surface area contributed by atoms with Gasteiger partial charge in [-0.15, -0.1) is 0 Å². The van der Waals surface area contributed by atoms with E-state index in [1.54, 1.807) is 0 Å². The minimum atomic E-state index is 0.0466. The molecule has 0 aliphatic carbocycles. The van der Waals surface area contributed by atoms with Gasteiger partial charge in [0.2, 0.25) is 0 Å². The third-order valence-electron chi connectivity index (χ3n) is 3.50. The number of nitrogens with zero attached hydrogens (tertiary/aromatic N) is 1. The van der Waals surface area contributed by atoms with E-state index in [1.165, 1.54) is 12.8 Å². The summed E-state index contributed by atoms with van der Waals surface area (Å²) in [5.74, 6) is 0.680. The van der Waals surface area contributed by atoms with Gasteiger partial charge in [0.05, 0.1) is 0 Å².